The van der Waals surface area contributed by atoms with Crippen LogP contribution in [0.25, 0.3) is 0 Å². The predicted molar refractivity (Wildman–Crippen MR) is 74.8 cm³/mol. The number of halogens is 1. The van der Waals surface area contributed by atoms with Gasteiger partial charge in [-0.2, -0.15) is 0 Å². The molecule has 0 bridgehead atoms. The number of hydrogen-bond donors (Lipinski definition) is 3. The molecule has 1 aromatic carbocycles. The van der Waals surface area contributed by atoms with Gasteiger partial charge in [0, 0.05) is 6.54 Å². The van der Waals surface area contributed by atoms with Gasteiger partial charge < -0.3 is 15.5 Å². The van der Waals surface area contributed by atoms with Gasteiger partial charge >= 0.3 is 0 Å². The third-order valence-electron chi connectivity index (χ3n) is 3.45. The Morgan fingerprint density at radius 1 is 1.40 bits per heavy atom. The summed E-state index contributed by atoms with van der Waals surface area (Å²) in [6.07, 6.45) is 4.94. The first-order valence-electron chi connectivity index (χ1n) is 6.87. The molecule has 0 spiro atoms. The third kappa shape index (κ3) is 3.68. The van der Waals surface area contributed by atoms with Crippen molar-refractivity contribution in [3.63, 3.8) is 0 Å². The quantitative estimate of drug-likeness (QED) is 0.422. The van der Waals surface area contributed by atoms with Crippen molar-refractivity contribution >= 4 is 11.6 Å². The number of nitrogens with one attached hydrogen (secondary N) is 2. The van der Waals surface area contributed by atoms with E-state index in [1.807, 2.05) is 0 Å². The first-order chi connectivity index (χ1) is 9.72. The zero-order chi connectivity index (χ0) is 14.4. The maximum Gasteiger partial charge on any atom is 0.253 e. The number of carbonyl (C=O) groups is 1. The van der Waals surface area contributed by atoms with E-state index in [4.69, 9.17) is 10.6 Å². The van der Waals surface area contributed by atoms with E-state index < -0.39 is 5.82 Å². The Bertz CT molecular complexity index is 462. The normalized spacial score (nSPS) is 15.3. The summed E-state index contributed by atoms with van der Waals surface area (Å²) in [5.74, 6) is 4.31. The minimum absolute atomic E-state index is 0.00158. The molecule has 0 unspecified atom stereocenters. The van der Waals surface area contributed by atoms with Crippen LogP contribution in [0.3, 0.4) is 0 Å². The Balaban J connectivity index is 1.81. The summed E-state index contributed by atoms with van der Waals surface area (Å²) in [5.41, 5.74) is 2.40. The van der Waals surface area contributed by atoms with Gasteiger partial charge in [-0.15, -0.1) is 0 Å². The minimum Gasteiger partial charge on any atom is -0.376 e. The van der Waals surface area contributed by atoms with Crippen molar-refractivity contribution in [2.45, 2.75) is 31.8 Å². The number of ether oxygens (including phenoxy) is 1. The number of rotatable bonds is 6. The standard InChI is InChI=1S/C14H20FN3O2/c15-12-7-3-6-11(13(12)18-16)14(19)17-8-9-20-10-4-1-2-5-10/h3,6-7,10,18H,1-2,4-5,8-9,16H2,(H,17,19). The average Bonchev–Trinajstić information content (AvgIpc) is 2.96. The van der Waals surface area contributed by atoms with Crippen LogP contribution in [0, 0.1) is 5.82 Å². The van der Waals surface area contributed by atoms with Crippen LogP contribution in [0.15, 0.2) is 18.2 Å². The van der Waals surface area contributed by atoms with E-state index in [9.17, 15) is 9.18 Å². The second kappa shape index (κ2) is 7.21. The first-order valence-corrected chi connectivity index (χ1v) is 6.87. The van der Waals surface area contributed by atoms with E-state index in [1.165, 1.54) is 31.0 Å². The van der Waals surface area contributed by atoms with E-state index in [0.717, 1.165) is 12.8 Å². The van der Waals surface area contributed by atoms with Gasteiger partial charge in [0.15, 0.2) is 0 Å². The number of carbonyl (C=O) groups excluding carboxylic acids is 1. The van der Waals surface area contributed by atoms with E-state index in [2.05, 4.69) is 10.7 Å². The lowest BCUT2D eigenvalue weighted by atomic mass is 10.1. The molecule has 0 saturated heterocycles. The Kier molecular flexibility index (Phi) is 5.31. The molecule has 1 fully saturated rings. The maximum atomic E-state index is 13.5. The number of nitrogen functional groups attached to an aromatic ring is 1. The predicted octanol–water partition coefficient (Wildman–Crippen LogP) is 1.80. The molecule has 6 heteroatoms. The van der Waals surface area contributed by atoms with Crippen LogP contribution in [0.4, 0.5) is 10.1 Å². The molecule has 0 aliphatic heterocycles. The second-order valence-electron chi connectivity index (χ2n) is 4.84. The van der Waals surface area contributed by atoms with Gasteiger partial charge in [-0.25, -0.2) is 4.39 Å². The highest BCUT2D eigenvalue weighted by Gasteiger charge is 2.16. The molecule has 110 valence electrons. The topological polar surface area (TPSA) is 76.4 Å². The van der Waals surface area contributed by atoms with Crippen molar-refractivity contribution in [2.75, 3.05) is 18.6 Å². The average molecular weight is 281 g/mol. The molecule has 0 heterocycles. The van der Waals surface area contributed by atoms with E-state index >= 15 is 0 Å². The van der Waals surface area contributed by atoms with Gasteiger partial charge in [-0.1, -0.05) is 18.9 Å². The lowest BCUT2D eigenvalue weighted by Gasteiger charge is -2.13. The minimum atomic E-state index is -0.553. The second-order valence-corrected chi connectivity index (χ2v) is 4.84. The summed E-state index contributed by atoms with van der Waals surface area (Å²) in [6, 6.07) is 4.24. The highest BCUT2D eigenvalue weighted by atomic mass is 19.1. The van der Waals surface area contributed by atoms with Gasteiger partial charge in [0.05, 0.1) is 24.0 Å². The van der Waals surface area contributed by atoms with Gasteiger partial charge in [0.1, 0.15) is 5.82 Å². The summed E-state index contributed by atoms with van der Waals surface area (Å²) in [6.45, 7) is 0.868. The fourth-order valence-electron chi connectivity index (χ4n) is 2.40. The molecule has 1 saturated carbocycles. The van der Waals surface area contributed by atoms with Crippen molar-refractivity contribution in [3.05, 3.63) is 29.6 Å². The number of benzene rings is 1. The lowest BCUT2D eigenvalue weighted by Crippen LogP contribution is -2.29. The monoisotopic (exact) mass is 281 g/mol. The van der Waals surface area contributed by atoms with Crippen LogP contribution >= 0.6 is 0 Å². The lowest BCUT2D eigenvalue weighted by molar-refractivity contribution is 0.0582. The van der Waals surface area contributed by atoms with E-state index in [1.54, 1.807) is 0 Å². The number of hydrazine groups is 1. The Morgan fingerprint density at radius 2 is 2.15 bits per heavy atom. The van der Waals surface area contributed by atoms with Gasteiger partial charge in [-0.05, 0) is 25.0 Å². The molecule has 2 rings (SSSR count). The van der Waals surface area contributed by atoms with Crippen molar-refractivity contribution < 1.29 is 13.9 Å². The first kappa shape index (κ1) is 14.7. The molecule has 5 nitrogen and oxygen atoms in total. The number of anilines is 1. The zero-order valence-electron chi connectivity index (χ0n) is 11.3. The summed E-state index contributed by atoms with van der Waals surface area (Å²) < 4.78 is 19.1. The van der Waals surface area contributed by atoms with Crippen LogP contribution in [0.1, 0.15) is 36.0 Å². The molecule has 1 aromatic rings. The van der Waals surface area contributed by atoms with Crippen molar-refractivity contribution in [1.82, 2.24) is 5.32 Å². The summed E-state index contributed by atoms with van der Waals surface area (Å²) >= 11 is 0. The molecule has 1 amide bonds. The molecule has 1 aliphatic carbocycles. The number of nitrogens with two attached hydrogens (primary N) is 1. The highest BCUT2D eigenvalue weighted by molar-refractivity contribution is 5.99. The molecule has 0 radical (unpaired) electrons. The van der Waals surface area contributed by atoms with E-state index in [0.29, 0.717) is 19.3 Å². The molecule has 0 atom stereocenters. The molecule has 20 heavy (non-hydrogen) atoms. The molecule has 4 N–H and O–H groups in total. The fourth-order valence-corrected chi connectivity index (χ4v) is 2.40. The van der Waals surface area contributed by atoms with Crippen LogP contribution in [0.2, 0.25) is 0 Å². The van der Waals surface area contributed by atoms with Crippen molar-refractivity contribution in [2.24, 2.45) is 5.84 Å². The van der Waals surface area contributed by atoms with Gasteiger partial charge in [0.25, 0.3) is 5.91 Å². The molecule has 0 aromatic heterocycles. The maximum absolute atomic E-state index is 13.5. The summed E-state index contributed by atoms with van der Waals surface area (Å²) in [7, 11) is 0. The summed E-state index contributed by atoms with van der Waals surface area (Å²) in [5, 5.41) is 2.70. The van der Waals surface area contributed by atoms with Crippen molar-refractivity contribution in [1.29, 1.82) is 0 Å². The van der Waals surface area contributed by atoms with E-state index in [-0.39, 0.29) is 17.2 Å². The Hall–Kier alpha value is -1.66. The van der Waals surface area contributed by atoms with Crippen molar-refractivity contribution in [3.8, 4) is 0 Å². The largest absolute Gasteiger partial charge is 0.376 e. The fraction of sp³-hybridized carbons (Fsp3) is 0.500. The number of amides is 1. The Labute approximate surface area is 117 Å². The summed E-state index contributed by atoms with van der Waals surface area (Å²) in [4.78, 5) is 11.9. The molecule has 1 aliphatic rings. The molecular weight excluding hydrogens is 261 g/mol. The highest BCUT2D eigenvalue weighted by Crippen LogP contribution is 2.20. The molecular formula is C14H20FN3O2. The van der Waals surface area contributed by atoms with Crippen LogP contribution in [-0.2, 0) is 4.74 Å². The van der Waals surface area contributed by atoms with Crippen LogP contribution in [-0.4, -0.2) is 25.2 Å². The number of para-hydroxylation sites is 1. The third-order valence-corrected chi connectivity index (χ3v) is 3.45. The SMILES string of the molecule is NNc1c(F)cccc1C(=O)NCCOC1CCCC1. The van der Waals surface area contributed by atoms with Crippen LogP contribution < -0.4 is 16.6 Å². The van der Waals surface area contributed by atoms with Gasteiger partial charge in [0.2, 0.25) is 0 Å². The Morgan fingerprint density at radius 3 is 2.85 bits per heavy atom. The smallest absolute Gasteiger partial charge is 0.253 e. The van der Waals surface area contributed by atoms with Gasteiger partial charge in [-0.3, -0.25) is 10.6 Å². The zero-order valence-corrected chi connectivity index (χ0v) is 11.3. The number of hydrogen-bond acceptors (Lipinski definition) is 4. The van der Waals surface area contributed by atoms with Crippen LogP contribution in [0.5, 0.6) is 0 Å².